The lowest BCUT2D eigenvalue weighted by atomic mass is 9.85. The monoisotopic (exact) mass is 430 g/mol. The van der Waals surface area contributed by atoms with E-state index >= 15 is 0 Å². The van der Waals surface area contributed by atoms with Gasteiger partial charge in [-0.2, -0.15) is 0 Å². The molecule has 0 aliphatic rings. The first kappa shape index (κ1) is 21.4. The minimum atomic E-state index is -1.87. The number of anilines is 1. The SMILES string of the molecule is Cc1noc(=O)c2ccc(NC(=O)C(O)(Cc3ccccc3)c3ccc(CO)cc3)cc12. The smallest absolute Gasteiger partial charge is 0.366 e. The van der Waals surface area contributed by atoms with Gasteiger partial charge in [0.25, 0.3) is 5.91 Å². The lowest BCUT2D eigenvalue weighted by Crippen LogP contribution is -2.42. The average Bonchev–Trinajstić information content (AvgIpc) is 2.82. The predicted molar refractivity (Wildman–Crippen MR) is 120 cm³/mol. The lowest BCUT2D eigenvalue weighted by Gasteiger charge is -2.28. The fraction of sp³-hybridized carbons (Fsp3) is 0.160. The van der Waals surface area contributed by atoms with Gasteiger partial charge in [0.15, 0.2) is 5.60 Å². The third-order valence-electron chi connectivity index (χ3n) is 5.45. The van der Waals surface area contributed by atoms with Crippen LogP contribution >= 0.6 is 0 Å². The molecule has 0 saturated heterocycles. The van der Waals surface area contributed by atoms with Crippen molar-refractivity contribution in [3.8, 4) is 0 Å². The number of hydrogen-bond acceptors (Lipinski definition) is 6. The first-order valence-corrected chi connectivity index (χ1v) is 10.1. The molecule has 1 amide bonds. The van der Waals surface area contributed by atoms with E-state index in [1.807, 2.05) is 30.3 Å². The van der Waals surface area contributed by atoms with Gasteiger partial charge in [-0.25, -0.2) is 4.79 Å². The minimum absolute atomic E-state index is 0.0515. The standard InChI is InChI=1S/C25H22N2O5/c1-16-22-13-20(11-12-21(22)23(29)32-27-16)26-24(30)25(31,14-17-5-3-2-4-6-17)19-9-7-18(15-28)8-10-19/h2-13,28,31H,14-15H2,1H3,(H,26,30). The number of hydrogen-bond donors (Lipinski definition) is 3. The van der Waals surface area contributed by atoms with E-state index in [-0.39, 0.29) is 13.0 Å². The summed E-state index contributed by atoms with van der Waals surface area (Å²) in [6.45, 7) is 1.56. The van der Waals surface area contributed by atoms with E-state index in [4.69, 9.17) is 4.52 Å². The predicted octanol–water partition coefficient (Wildman–Crippen LogP) is 3.06. The van der Waals surface area contributed by atoms with E-state index in [9.17, 15) is 19.8 Å². The second kappa shape index (κ2) is 8.74. The molecule has 1 atom stereocenters. The minimum Gasteiger partial charge on any atom is -0.392 e. The van der Waals surface area contributed by atoms with Crippen molar-refractivity contribution >= 4 is 22.4 Å². The third kappa shape index (κ3) is 4.16. The fourth-order valence-electron chi connectivity index (χ4n) is 3.63. The quantitative estimate of drug-likeness (QED) is 0.433. The van der Waals surface area contributed by atoms with Gasteiger partial charge in [0.2, 0.25) is 0 Å². The number of aromatic nitrogens is 1. The summed E-state index contributed by atoms with van der Waals surface area (Å²) < 4.78 is 4.74. The Bertz CT molecular complexity index is 1320. The van der Waals surface area contributed by atoms with E-state index < -0.39 is 17.1 Å². The van der Waals surface area contributed by atoms with Gasteiger partial charge in [-0.15, -0.1) is 0 Å². The highest BCUT2D eigenvalue weighted by molar-refractivity contribution is 6.00. The molecule has 32 heavy (non-hydrogen) atoms. The van der Waals surface area contributed by atoms with Crippen LogP contribution in [0.5, 0.6) is 0 Å². The second-order valence-corrected chi connectivity index (χ2v) is 7.65. The molecule has 7 heteroatoms. The lowest BCUT2D eigenvalue weighted by molar-refractivity contribution is -0.135. The highest BCUT2D eigenvalue weighted by atomic mass is 16.5. The average molecular weight is 430 g/mol. The zero-order valence-electron chi connectivity index (χ0n) is 17.4. The van der Waals surface area contributed by atoms with Crippen LogP contribution in [0, 0.1) is 6.92 Å². The van der Waals surface area contributed by atoms with Gasteiger partial charge in [-0.05, 0) is 41.8 Å². The van der Waals surface area contributed by atoms with Crippen molar-refractivity contribution in [2.75, 3.05) is 5.32 Å². The Morgan fingerprint density at radius 1 is 1.00 bits per heavy atom. The number of amides is 1. The van der Waals surface area contributed by atoms with Crippen LogP contribution in [-0.2, 0) is 23.4 Å². The first-order chi connectivity index (χ1) is 15.4. The molecule has 1 heterocycles. The van der Waals surface area contributed by atoms with Crippen LogP contribution in [0.4, 0.5) is 5.69 Å². The topological polar surface area (TPSA) is 113 Å². The van der Waals surface area contributed by atoms with Crippen LogP contribution < -0.4 is 10.9 Å². The van der Waals surface area contributed by atoms with Crippen molar-refractivity contribution in [3.05, 3.63) is 106 Å². The Hall–Kier alpha value is -3.81. The molecule has 1 aromatic heterocycles. The highest BCUT2D eigenvalue weighted by Gasteiger charge is 2.38. The Morgan fingerprint density at radius 3 is 2.41 bits per heavy atom. The normalized spacial score (nSPS) is 13.0. The number of nitrogens with one attached hydrogen (secondary N) is 1. The number of carbonyl (C=O) groups is 1. The summed E-state index contributed by atoms with van der Waals surface area (Å²) in [5.41, 5.74) is 0.350. The summed E-state index contributed by atoms with van der Waals surface area (Å²) in [6, 6.07) is 20.6. The molecule has 4 aromatic rings. The van der Waals surface area contributed by atoms with Crippen LogP contribution in [0.15, 0.2) is 82.1 Å². The van der Waals surface area contributed by atoms with Crippen LogP contribution in [0.3, 0.4) is 0 Å². The molecule has 1 unspecified atom stereocenters. The van der Waals surface area contributed by atoms with E-state index in [1.165, 1.54) is 0 Å². The van der Waals surface area contributed by atoms with Gasteiger partial charge in [0, 0.05) is 17.5 Å². The maximum Gasteiger partial charge on any atom is 0.366 e. The molecule has 4 rings (SSSR count). The maximum atomic E-state index is 13.4. The summed E-state index contributed by atoms with van der Waals surface area (Å²) in [5, 5.41) is 28.3. The Balaban J connectivity index is 1.72. The van der Waals surface area contributed by atoms with Gasteiger partial charge < -0.3 is 20.1 Å². The number of aliphatic hydroxyl groups is 2. The zero-order chi connectivity index (χ0) is 22.7. The van der Waals surface area contributed by atoms with Crippen molar-refractivity contribution in [2.24, 2.45) is 0 Å². The molecule has 0 radical (unpaired) electrons. The molecule has 0 saturated carbocycles. The summed E-state index contributed by atoms with van der Waals surface area (Å²) >= 11 is 0. The fourth-order valence-corrected chi connectivity index (χ4v) is 3.63. The molecule has 0 aliphatic heterocycles. The van der Waals surface area contributed by atoms with Crippen molar-refractivity contribution in [1.29, 1.82) is 0 Å². The number of fused-ring (bicyclic) bond motifs is 1. The van der Waals surface area contributed by atoms with E-state index in [0.717, 1.165) is 5.56 Å². The Labute approximate surface area is 183 Å². The first-order valence-electron chi connectivity index (χ1n) is 10.1. The summed E-state index contributed by atoms with van der Waals surface area (Å²) in [5.74, 6) is -0.619. The van der Waals surface area contributed by atoms with Gasteiger partial charge >= 0.3 is 5.63 Å². The van der Waals surface area contributed by atoms with Gasteiger partial charge in [-0.3, -0.25) is 4.79 Å². The molecule has 162 valence electrons. The van der Waals surface area contributed by atoms with Crippen molar-refractivity contribution in [3.63, 3.8) is 0 Å². The molecular formula is C25H22N2O5. The van der Waals surface area contributed by atoms with Crippen LogP contribution in [0.25, 0.3) is 10.8 Å². The Kier molecular flexibility index (Phi) is 5.85. The largest absolute Gasteiger partial charge is 0.392 e. The highest BCUT2D eigenvalue weighted by Crippen LogP contribution is 2.29. The third-order valence-corrected chi connectivity index (χ3v) is 5.45. The second-order valence-electron chi connectivity index (χ2n) is 7.65. The molecule has 0 aliphatic carbocycles. The van der Waals surface area contributed by atoms with E-state index in [1.54, 1.807) is 49.4 Å². The van der Waals surface area contributed by atoms with Gasteiger partial charge in [0.1, 0.15) is 0 Å². The van der Waals surface area contributed by atoms with Crippen LogP contribution in [0.1, 0.15) is 22.4 Å². The van der Waals surface area contributed by atoms with Crippen LogP contribution in [0.2, 0.25) is 0 Å². The number of nitrogens with zero attached hydrogens (tertiary/aromatic N) is 1. The summed E-state index contributed by atoms with van der Waals surface area (Å²) in [7, 11) is 0. The summed E-state index contributed by atoms with van der Waals surface area (Å²) in [6.07, 6.45) is 0.0515. The molecule has 0 bridgehead atoms. The van der Waals surface area contributed by atoms with Crippen LogP contribution in [-0.4, -0.2) is 21.3 Å². The van der Waals surface area contributed by atoms with Crippen molar-refractivity contribution in [1.82, 2.24) is 5.16 Å². The number of carbonyl (C=O) groups excluding carboxylic acids is 1. The van der Waals surface area contributed by atoms with Crippen molar-refractivity contribution in [2.45, 2.75) is 25.6 Å². The van der Waals surface area contributed by atoms with Gasteiger partial charge in [0.05, 0.1) is 17.7 Å². The number of rotatable bonds is 6. The summed E-state index contributed by atoms with van der Waals surface area (Å²) in [4.78, 5) is 25.3. The number of aryl methyl sites for hydroxylation is 1. The van der Waals surface area contributed by atoms with Crippen molar-refractivity contribution < 1.29 is 19.5 Å². The van der Waals surface area contributed by atoms with Gasteiger partial charge in [-0.1, -0.05) is 59.8 Å². The number of benzene rings is 3. The molecule has 0 spiro atoms. The molecular weight excluding hydrogens is 408 g/mol. The van der Waals surface area contributed by atoms with E-state index in [0.29, 0.717) is 33.3 Å². The molecule has 7 nitrogen and oxygen atoms in total. The molecule has 3 aromatic carbocycles. The Morgan fingerprint density at radius 2 is 1.72 bits per heavy atom. The zero-order valence-corrected chi connectivity index (χ0v) is 17.4. The number of aliphatic hydroxyl groups excluding tert-OH is 1. The maximum absolute atomic E-state index is 13.4. The van der Waals surface area contributed by atoms with E-state index in [2.05, 4.69) is 10.5 Å². The molecule has 3 N–H and O–H groups in total. The molecule has 0 fully saturated rings.